The molecule has 0 aliphatic rings. The quantitative estimate of drug-likeness (QED) is 0.753. The molecule has 118 valence electrons. The van der Waals surface area contributed by atoms with E-state index in [1.807, 2.05) is 12.1 Å². The molecule has 0 unspecified atom stereocenters. The van der Waals surface area contributed by atoms with Gasteiger partial charge in [0.1, 0.15) is 17.2 Å². The summed E-state index contributed by atoms with van der Waals surface area (Å²) in [6.07, 6.45) is 3.22. The molecule has 1 aromatic carbocycles. The zero-order valence-electron chi connectivity index (χ0n) is 12.1. The van der Waals surface area contributed by atoms with Gasteiger partial charge in [0.15, 0.2) is 6.73 Å². The molecule has 0 fully saturated rings. The highest BCUT2D eigenvalue weighted by molar-refractivity contribution is 6.32. The molecule has 3 rings (SSSR count). The Morgan fingerprint density at radius 1 is 1.26 bits per heavy atom. The van der Waals surface area contributed by atoms with Crippen molar-refractivity contribution in [1.29, 1.82) is 0 Å². The fourth-order valence-corrected chi connectivity index (χ4v) is 2.11. The fraction of sp³-hybridized carbons (Fsp3) is 0.125. The van der Waals surface area contributed by atoms with Gasteiger partial charge in [-0.3, -0.25) is 4.79 Å². The molecule has 1 amide bonds. The molecule has 6 nitrogen and oxygen atoms in total. The van der Waals surface area contributed by atoms with Gasteiger partial charge in [-0.25, -0.2) is 4.68 Å². The van der Waals surface area contributed by atoms with Gasteiger partial charge in [0.25, 0.3) is 5.91 Å². The Morgan fingerprint density at radius 3 is 2.91 bits per heavy atom. The van der Waals surface area contributed by atoms with Crippen LogP contribution in [0.2, 0.25) is 5.02 Å². The van der Waals surface area contributed by atoms with E-state index in [2.05, 4.69) is 10.4 Å². The average molecular weight is 332 g/mol. The molecule has 0 atom stereocenters. The maximum absolute atomic E-state index is 12.0. The molecule has 0 aliphatic heterocycles. The minimum atomic E-state index is -0.280. The van der Waals surface area contributed by atoms with E-state index in [9.17, 15) is 4.79 Å². The molecule has 0 aliphatic carbocycles. The van der Waals surface area contributed by atoms with Crippen molar-refractivity contribution in [2.45, 2.75) is 13.3 Å². The number of hydrogen-bond donors (Lipinski definition) is 1. The van der Waals surface area contributed by atoms with Crippen LogP contribution in [-0.2, 0) is 13.3 Å². The lowest BCUT2D eigenvalue weighted by atomic mass is 10.3. The van der Waals surface area contributed by atoms with E-state index < -0.39 is 0 Å². The second-order valence-corrected chi connectivity index (χ2v) is 5.11. The number of nitrogens with zero attached hydrogens (tertiary/aromatic N) is 2. The summed E-state index contributed by atoms with van der Waals surface area (Å²) in [7, 11) is 0. The van der Waals surface area contributed by atoms with Crippen LogP contribution in [-0.4, -0.2) is 15.7 Å². The van der Waals surface area contributed by atoms with Crippen molar-refractivity contribution in [2.75, 3.05) is 0 Å². The van der Waals surface area contributed by atoms with Crippen LogP contribution in [0.1, 0.15) is 16.2 Å². The zero-order valence-corrected chi connectivity index (χ0v) is 12.9. The van der Waals surface area contributed by atoms with Gasteiger partial charge in [-0.05, 0) is 30.3 Å². The third-order valence-corrected chi connectivity index (χ3v) is 3.38. The Labute approximate surface area is 137 Å². The topological polar surface area (TPSA) is 69.3 Å². The van der Waals surface area contributed by atoms with E-state index in [-0.39, 0.29) is 12.6 Å². The number of amides is 1. The number of nitrogens with one attached hydrogen (secondary N) is 1. The van der Waals surface area contributed by atoms with Crippen molar-refractivity contribution in [2.24, 2.45) is 0 Å². The van der Waals surface area contributed by atoms with Crippen LogP contribution in [0.3, 0.4) is 0 Å². The highest BCUT2D eigenvalue weighted by atomic mass is 35.5. The number of rotatable bonds is 6. The summed E-state index contributed by atoms with van der Waals surface area (Å²) in [5.41, 5.74) is 0.305. The lowest BCUT2D eigenvalue weighted by Gasteiger charge is -2.07. The normalized spacial score (nSPS) is 10.5. The standard InChI is InChI=1S/C16H14ClN3O3/c17-13-5-1-2-6-15(13)23-11-20-8-7-14(19-20)16(21)18-10-12-4-3-9-22-12/h1-9H,10-11H2,(H,18,21). The monoisotopic (exact) mass is 331 g/mol. The second-order valence-electron chi connectivity index (χ2n) is 4.71. The van der Waals surface area contributed by atoms with Crippen molar-refractivity contribution in [3.05, 3.63) is 71.4 Å². The smallest absolute Gasteiger partial charge is 0.272 e. The minimum Gasteiger partial charge on any atom is -0.470 e. The van der Waals surface area contributed by atoms with Crippen molar-refractivity contribution in [3.8, 4) is 5.75 Å². The van der Waals surface area contributed by atoms with Crippen molar-refractivity contribution in [1.82, 2.24) is 15.1 Å². The molecule has 1 N–H and O–H groups in total. The van der Waals surface area contributed by atoms with Crippen LogP contribution in [0, 0.1) is 0 Å². The molecular formula is C16H14ClN3O3. The van der Waals surface area contributed by atoms with Gasteiger partial charge in [-0.1, -0.05) is 23.7 Å². The van der Waals surface area contributed by atoms with E-state index in [1.54, 1.807) is 42.8 Å². The molecule has 7 heteroatoms. The Kier molecular flexibility index (Phi) is 4.63. The molecule has 2 heterocycles. The zero-order chi connectivity index (χ0) is 16.1. The molecular weight excluding hydrogens is 318 g/mol. The molecule has 0 bridgehead atoms. The Morgan fingerprint density at radius 2 is 2.13 bits per heavy atom. The van der Waals surface area contributed by atoms with Gasteiger partial charge in [-0.2, -0.15) is 5.10 Å². The first-order valence-corrected chi connectivity index (χ1v) is 7.31. The summed E-state index contributed by atoms with van der Waals surface area (Å²) in [6.45, 7) is 0.476. The molecule has 23 heavy (non-hydrogen) atoms. The third kappa shape index (κ3) is 3.92. The first-order chi connectivity index (χ1) is 11.2. The van der Waals surface area contributed by atoms with Gasteiger partial charge in [0.05, 0.1) is 17.8 Å². The Balaban J connectivity index is 1.55. The van der Waals surface area contributed by atoms with Gasteiger partial charge in [0.2, 0.25) is 0 Å². The lowest BCUT2D eigenvalue weighted by molar-refractivity contribution is 0.0941. The number of carbonyl (C=O) groups is 1. The van der Waals surface area contributed by atoms with Gasteiger partial charge < -0.3 is 14.5 Å². The highest BCUT2D eigenvalue weighted by Gasteiger charge is 2.10. The van der Waals surface area contributed by atoms with Crippen LogP contribution < -0.4 is 10.1 Å². The number of aromatic nitrogens is 2. The Bertz CT molecular complexity index is 783. The molecule has 0 saturated carbocycles. The predicted octanol–water partition coefficient (Wildman–Crippen LogP) is 3.10. The SMILES string of the molecule is O=C(NCc1ccco1)c1ccn(COc2ccccc2Cl)n1. The van der Waals surface area contributed by atoms with Gasteiger partial charge >= 0.3 is 0 Å². The maximum atomic E-state index is 12.0. The summed E-state index contributed by atoms with van der Waals surface area (Å²) in [5, 5.41) is 7.41. The minimum absolute atomic E-state index is 0.162. The number of hydrogen-bond acceptors (Lipinski definition) is 4. The summed E-state index contributed by atoms with van der Waals surface area (Å²) in [6, 6.07) is 12.3. The maximum Gasteiger partial charge on any atom is 0.272 e. The first kappa shape index (κ1) is 15.2. The predicted molar refractivity (Wildman–Crippen MR) is 84.2 cm³/mol. The van der Waals surface area contributed by atoms with E-state index in [1.165, 1.54) is 4.68 Å². The van der Waals surface area contributed by atoms with Crippen LogP contribution in [0.4, 0.5) is 0 Å². The molecule has 2 aromatic heterocycles. The Hall–Kier alpha value is -2.73. The van der Waals surface area contributed by atoms with Crippen molar-refractivity contribution < 1.29 is 13.9 Å². The average Bonchev–Trinajstić information content (AvgIpc) is 3.23. The number of para-hydroxylation sites is 1. The number of ether oxygens (including phenoxy) is 1. The highest BCUT2D eigenvalue weighted by Crippen LogP contribution is 2.23. The van der Waals surface area contributed by atoms with Gasteiger partial charge in [0, 0.05) is 6.20 Å². The number of halogens is 1. The summed E-state index contributed by atoms with van der Waals surface area (Å²) < 4.78 is 12.2. The van der Waals surface area contributed by atoms with Crippen molar-refractivity contribution >= 4 is 17.5 Å². The lowest BCUT2D eigenvalue weighted by Crippen LogP contribution is -2.23. The molecule has 3 aromatic rings. The van der Waals surface area contributed by atoms with E-state index in [0.29, 0.717) is 28.8 Å². The molecule has 0 spiro atoms. The van der Waals surface area contributed by atoms with Gasteiger partial charge in [-0.15, -0.1) is 0 Å². The van der Waals surface area contributed by atoms with Crippen LogP contribution in [0.15, 0.2) is 59.3 Å². The molecule has 0 saturated heterocycles. The number of furan rings is 1. The van der Waals surface area contributed by atoms with Crippen molar-refractivity contribution in [3.63, 3.8) is 0 Å². The summed E-state index contributed by atoms with van der Waals surface area (Å²) in [5.74, 6) is 0.964. The number of carbonyl (C=O) groups excluding carboxylic acids is 1. The van der Waals surface area contributed by atoms with E-state index >= 15 is 0 Å². The fourth-order valence-electron chi connectivity index (χ4n) is 1.92. The van der Waals surface area contributed by atoms with E-state index in [4.69, 9.17) is 20.8 Å². The third-order valence-electron chi connectivity index (χ3n) is 3.07. The summed E-state index contributed by atoms with van der Waals surface area (Å²) in [4.78, 5) is 12.0. The largest absolute Gasteiger partial charge is 0.470 e. The molecule has 0 radical (unpaired) electrons. The summed E-state index contributed by atoms with van der Waals surface area (Å²) >= 11 is 6.01. The van der Waals surface area contributed by atoms with Crippen LogP contribution in [0.5, 0.6) is 5.75 Å². The first-order valence-electron chi connectivity index (χ1n) is 6.94. The second kappa shape index (κ2) is 7.02. The number of benzene rings is 1. The van der Waals surface area contributed by atoms with Crippen LogP contribution >= 0.6 is 11.6 Å². The van der Waals surface area contributed by atoms with Crippen LogP contribution in [0.25, 0.3) is 0 Å². The van der Waals surface area contributed by atoms with E-state index in [0.717, 1.165) is 0 Å².